The van der Waals surface area contributed by atoms with Gasteiger partial charge in [0.15, 0.2) is 0 Å². The molecule has 2 rings (SSSR count). The molecule has 5 nitrogen and oxygen atoms in total. The lowest BCUT2D eigenvalue weighted by molar-refractivity contribution is -0.118. The molecule has 1 saturated carbocycles. The molecule has 0 radical (unpaired) electrons. The highest BCUT2D eigenvalue weighted by Crippen LogP contribution is 2.34. The lowest BCUT2D eigenvalue weighted by Gasteiger charge is -2.19. The minimum absolute atomic E-state index is 0.0206. The average Bonchev–Trinajstić information content (AvgIpc) is 3.11. The first kappa shape index (κ1) is 12.4. The summed E-state index contributed by atoms with van der Waals surface area (Å²) in [7, 11) is 1.66. The minimum Gasteiger partial charge on any atom is -0.478 e. The Kier molecular flexibility index (Phi) is 3.23. The summed E-state index contributed by atoms with van der Waals surface area (Å²) in [5.41, 5.74) is 6.78. The quantitative estimate of drug-likeness (QED) is 0.795. The van der Waals surface area contributed by atoms with E-state index in [9.17, 15) is 9.59 Å². The molecule has 3 N–H and O–H groups in total. The number of anilines is 2. The molecule has 0 saturated heterocycles. The smallest absolute Gasteiger partial charge is 0.335 e. The molecule has 1 aliphatic carbocycles. The van der Waals surface area contributed by atoms with Crippen LogP contribution in [0.25, 0.3) is 0 Å². The Hall–Kier alpha value is -2.04. The summed E-state index contributed by atoms with van der Waals surface area (Å²) in [5.74, 6) is -0.494. The number of rotatable bonds is 4. The zero-order chi connectivity index (χ0) is 13.3. The monoisotopic (exact) mass is 248 g/mol. The van der Waals surface area contributed by atoms with Gasteiger partial charge in [0.05, 0.1) is 16.9 Å². The van der Waals surface area contributed by atoms with Crippen molar-refractivity contribution in [3.8, 4) is 0 Å². The third-order valence-electron chi connectivity index (χ3n) is 3.17. The highest BCUT2D eigenvalue weighted by molar-refractivity contribution is 5.98. The van der Waals surface area contributed by atoms with E-state index in [1.165, 1.54) is 17.0 Å². The number of nitrogens with zero attached hydrogens (tertiary/aromatic N) is 1. The van der Waals surface area contributed by atoms with E-state index in [-0.39, 0.29) is 11.5 Å². The van der Waals surface area contributed by atoms with Crippen molar-refractivity contribution in [3.05, 3.63) is 23.8 Å². The first-order valence-electron chi connectivity index (χ1n) is 5.88. The van der Waals surface area contributed by atoms with Gasteiger partial charge in [-0.25, -0.2) is 4.79 Å². The minimum atomic E-state index is -1.03. The maximum atomic E-state index is 11.9. The fraction of sp³-hybridized carbons (Fsp3) is 0.385. The topological polar surface area (TPSA) is 83.6 Å². The number of nitrogens with two attached hydrogens (primary N) is 1. The third-order valence-corrected chi connectivity index (χ3v) is 3.17. The normalized spacial score (nSPS) is 14.3. The Bertz CT molecular complexity index is 495. The van der Waals surface area contributed by atoms with Crippen molar-refractivity contribution in [3.63, 3.8) is 0 Å². The summed E-state index contributed by atoms with van der Waals surface area (Å²) in [6, 6.07) is 4.40. The van der Waals surface area contributed by atoms with Crippen LogP contribution >= 0.6 is 0 Å². The van der Waals surface area contributed by atoms with Crippen molar-refractivity contribution in [2.75, 3.05) is 17.7 Å². The SMILES string of the molecule is CN(C(=O)CC1CC1)c1ccc(C(=O)O)cc1N. The molecule has 1 aliphatic rings. The van der Waals surface area contributed by atoms with E-state index >= 15 is 0 Å². The molecule has 18 heavy (non-hydrogen) atoms. The Balaban J connectivity index is 2.16. The van der Waals surface area contributed by atoms with Gasteiger partial charge in [-0.3, -0.25) is 4.79 Å². The summed E-state index contributed by atoms with van der Waals surface area (Å²) in [6.45, 7) is 0. The fourth-order valence-corrected chi connectivity index (χ4v) is 1.83. The van der Waals surface area contributed by atoms with Crippen LogP contribution in [-0.2, 0) is 4.79 Å². The molecule has 0 unspecified atom stereocenters. The number of hydrogen-bond donors (Lipinski definition) is 2. The third kappa shape index (κ3) is 2.61. The van der Waals surface area contributed by atoms with Gasteiger partial charge < -0.3 is 15.7 Å². The average molecular weight is 248 g/mol. The van der Waals surface area contributed by atoms with Gasteiger partial charge in [-0.15, -0.1) is 0 Å². The fourth-order valence-electron chi connectivity index (χ4n) is 1.83. The van der Waals surface area contributed by atoms with Crippen LogP contribution in [0.2, 0.25) is 0 Å². The van der Waals surface area contributed by atoms with Gasteiger partial charge >= 0.3 is 5.97 Å². The van der Waals surface area contributed by atoms with E-state index in [4.69, 9.17) is 10.8 Å². The van der Waals surface area contributed by atoms with E-state index in [2.05, 4.69) is 0 Å². The van der Waals surface area contributed by atoms with Crippen LogP contribution in [0.1, 0.15) is 29.6 Å². The lowest BCUT2D eigenvalue weighted by atomic mass is 10.1. The number of nitrogen functional groups attached to an aromatic ring is 1. The van der Waals surface area contributed by atoms with Crippen LogP contribution in [0.3, 0.4) is 0 Å². The highest BCUT2D eigenvalue weighted by atomic mass is 16.4. The van der Waals surface area contributed by atoms with E-state index in [1.54, 1.807) is 13.1 Å². The number of amides is 1. The summed E-state index contributed by atoms with van der Waals surface area (Å²) in [6.07, 6.45) is 2.77. The number of carboxylic acid groups (broad SMARTS) is 1. The zero-order valence-electron chi connectivity index (χ0n) is 10.2. The molecule has 0 heterocycles. The number of benzene rings is 1. The molecule has 1 aromatic rings. The molecule has 0 atom stereocenters. The number of aromatic carboxylic acids is 1. The lowest BCUT2D eigenvalue weighted by Crippen LogP contribution is -2.27. The van der Waals surface area contributed by atoms with Crippen LogP contribution < -0.4 is 10.6 Å². The van der Waals surface area contributed by atoms with E-state index < -0.39 is 5.97 Å². The second-order valence-corrected chi connectivity index (χ2v) is 4.68. The van der Waals surface area contributed by atoms with Gasteiger partial charge in [-0.1, -0.05) is 0 Å². The van der Waals surface area contributed by atoms with E-state index in [0.717, 1.165) is 12.8 Å². The standard InChI is InChI=1S/C13H16N2O3/c1-15(12(16)6-8-2-3-8)11-5-4-9(13(17)18)7-10(11)14/h4-5,7-8H,2-3,6,14H2,1H3,(H,17,18). The molecule has 0 bridgehead atoms. The van der Waals surface area contributed by atoms with Crippen molar-refractivity contribution in [2.24, 2.45) is 5.92 Å². The highest BCUT2D eigenvalue weighted by Gasteiger charge is 2.26. The van der Waals surface area contributed by atoms with E-state index in [1.807, 2.05) is 0 Å². The van der Waals surface area contributed by atoms with Gasteiger partial charge in [-0.05, 0) is 37.0 Å². The van der Waals surface area contributed by atoms with Crippen molar-refractivity contribution in [1.29, 1.82) is 0 Å². The number of carboxylic acids is 1. The van der Waals surface area contributed by atoms with Crippen molar-refractivity contribution in [1.82, 2.24) is 0 Å². The molecule has 0 aromatic heterocycles. The second kappa shape index (κ2) is 4.68. The molecular formula is C13H16N2O3. The predicted octanol–water partition coefficient (Wildman–Crippen LogP) is 1.73. The van der Waals surface area contributed by atoms with Gasteiger partial charge in [-0.2, -0.15) is 0 Å². The molecule has 96 valence electrons. The Labute approximate surface area is 105 Å². The maximum Gasteiger partial charge on any atom is 0.335 e. The van der Waals surface area contributed by atoms with Gasteiger partial charge in [0.25, 0.3) is 0 Å². The predicted molar refractivity (Wildman–Crippen MR) is 68.6 cm³/mol. The maximum absolute atomic E-state index is 11.9. The largest absolute Gasteiger partial charge is 0.478 e. The van der Waals surface area contributed by atoms with Crippen molar-refractivity contribution < 1.29 is 14.7 Å². The van der Waals surface area contributed by atoms with Gasteiger partial charge in [0.1, 0.15) is 0 Å². The number of carbonyl (C=O) groups excluding carboxylic acids is 1. The van der Waals surface area contributed by atoms with E-state index in [0.29, 0.717) is 23.7 Å². The second-order valence-electron chi connectivity index (χ2n) is 4.68. The molecule has 1 fully saturated rings. The van der Waals surface area contributed by atoms with Crippen LogP contribution in [-0.4, -0.2) is 24.0 Å². The Morgan fingerprint density at radius 3 is 2.61 bits per heavy atom. The van der Waals surface area contributed by atoms with Crippen LogP contribution in [0.15, 0.2) is 18.2 Å². The molecule has 5 heteroatoms. The summed E-state index contributed by atoms with van der Waals surface area (Å²) >= 11 is 0. The molecular weight excluding hydrogens is 232 g/mol. The zero-order valence-corrected chi connectivity index (χ0v) is 10.2. The molecule has 1 amide bonds. The molecule has 0 spiro atoms. The first-order valence-corrected chi connectivity index (χ1v) is 5.88. The van der Waals surface area contributed by atoms with Crippen molar-refractivity contribution >= 4 is 23.3 Å². The summed E-state index contributed by atoms with van der Waals surface area (Å²) in [4.78, 5) is 24.2. The van der Waals surface area contributed by atoms with Crippen LogP contribution in [0, 0.1) is 5.92 Å². The summed E-state index contributed by atoms with van der Waals surface area (Å²) < 4.78 is 0. The Morgan fingerprint density at radius 2 is 2.11 bits per heavy atom. The number of carbonyl (C=O) groups is 2. The Morgan fingerprint density at radius 1 is 1.44 bits per heavy atom. The van der Waals surface area contributed by atoms with Gasteiger partial charge in [0.2, 0.25) is 5.91 Å². The van der Waals surface area contributed by atoms with Crippen molar-refractivity contribution in [2.45, 2.75) is 19.3 Å². The molecule has 1 aromatic carbocycles. The number of hydrogen-bond acceptors (Lipinski definition) is 3. The summed E-state index contributed by atoms with van der Waals surface area (Å²) in [5, 5.41) is 8.84. The van der Waals surface area contributed by atoms with Gasteiger partial charge in [0, 0.05) is 13.5 Å². The van der Waals surface area contributed by atoms with Crippen LogP contribution in [0.4, 0.5) is 11.4 Å². The molecule has 0 aliphatic heterocycles. The van der Waals surface area contributed by atoms with Crippen LogP contribution in [0.5, 0.6) is 0 Å². The first-order chi connectivity index (χ1) is 8.49.